The predicted molar refractivity (Wildman–Crippen MR) is 76.8 cm³/mol. The average Bonchev–Trinajstić information content (AvgIpc) is 2.41. The summed E-state index contributed by atoms with van der Waals surface area (Å²) in [6.07, 6.45) is 1.33. The molecular formula is C14H17Cl2NO2. The van der Waals surface area contributed by atoms with Crippen LogP contribution in [0.5, 0.6) is 0 Å². The summed E-state index contributed by atoms with van der Waals surface area (Å²) in [6, 6.07) is 4.91. The minimum absolute atomic E-state index is 0.0865. The Hall–Kier alpha value is -0.770. The minimum Gasteiger partial charge on any atom is -0.393 e. The van der Waals surface area contributed by atoms with E-state index in [-0.39, 0.29) is 17.9 Å². The quantitative estimate of drug-likeness (QED) is 0.911. The summed E-state index contributed by atoms with van der Waals surface area (Å²) in [7, 11) is 0. The Kier molecular flexibility index (Phi) is 4.71. The monoisotopic (exact) mass is 301 g/mol. The summed E-state index contributed by atoms with van der Waals surface area (Å²) in [4.78, 5) is 14.1. The number of aliphatic hydroxyl groups is 1. The van der Waals surface area contributed by atoms with Gasteiger partial charge in [0.25, 0.3) is 5.91 Å². The Balaban J connectivity index is 2.07. The number of carbonyl (C=O) groups excluding carboxylic acids is 1. The molecule has 0 spiro atoms. The number of hydrogen-bond acceptors (Lipinski definition) is 2. The highest BCUT2D eigenvalue weighted by Gasteiger charge is 2.26. The van der Waals surface area contributed by atoms with Gasteiger partial charge in [-0.1, -0.05) is 23.2 Å². The van der Waals surface area contributed by atoms with Gasteiger partial charge in [-0.25, -0.2) is 0 Å². The maximum Gasteiger partial charge on any atom is 0.255 e. The van der Waals surface area contributed by atoms with E-state index in [0.717, 1.165) is 12.8 Å². The Bertz CT molecular complexity index is 469. The van der Waals surface area contributed by atoms with Crippen molar-refractivity contribution >= 4 is 29.1 Å². The fraction of sp³-hybridized carbons (Fsp3) is 0.500. The van der Waals surface area contributed by atoms with Gasteiger partial charge in [-0.2, -0.15) is 0 Å². The van der Waals surface area contributed by atoms with Crippen molar-refractivity contribution < 1.29 is 9.90 Å². The van der Waals surface area contributed by atoms with Crippen molar-refractivity contribution in [3.63, 3.8) is 0 Å². The summed E-state index contributed by atoms with van der Waals surface area (Å²) in [5.41, 5.74) is 0.449. The molecule has 1 heterocycles. The number of rotatable bonds is 2. The van der Waals surface area contributed by atoms with Gasteiger partial charge < -0.3 is 10.0 Å². The fourth-order valence-corrected chi connectivity index (χ4v) is 2.79. The van der Waals surface area contributed by atoms with Crippen LogP contribution >= 0.6 is 23.2 Å². The Morgan fingerprint density at radius 2 is 2.00 bits per heavy atom. The number of aliphatic hydroxyl groups excluding tert-OH is 1. The van der Waals surface area contributed by atoms with E-state index in [2.05, 4.69) is 0 Å². The van der Waals surface area contributed by atoms with E-state index < -0.39 is 0 Å². The summed E-state index contributed by atoms with van der Waals surface area (Å²) < 4.78 is 0. The van der Waals surface area contributed by atoms with Crippen molar-refractivity contribution in [3.05, 3.63) is 33.8 Å². The zero-order chi connectivity index (χ0) is 14.0. The highest BCUT2D eigenvalue weighted by Crippen LogP contribution is 2.25. The molecule has 1 fully saturated rings. The number of likely N-dealkylation sites (tertiary alicyclic amines) is 1. The van der Waals surface area contributed by atoms with E-state index >= 15 is 0 Å². The van der Waals surface area contributed by atoms with E-state index in [9.17, 15) is 9.90 Å². The van der Waals surface area contributed by atoms with Crippen LogP contribution in [0.2, 0.25) is 10.0 Å². The van der Waals surface area contributed by atoms with Crippen LogP contribution < -0.4 is 0 Å². The Morgan fingerprint density at radius 1 is 1.37 bits per heavy atom. The number of amides is 1. The molecule has 3 nitrogen and oxygen atoms in total. The van der Waals surface area contributed by atoms with Gasteiger partial charge in [-0.15, -0.1) is 0 Å². The number of halogens is 2. The van der Waals surface area contributed by atoms with Crippen molar-refractivity contribution in [1.29, 1.82) is 0 Å². The lowest BCUT2D eigenvalue weighted by Gasteiger charge is -2.33. The standard InChI is InChI=1S/C14H17Cl2NO2/c1-9(18)10-4-6-17(7-5-10)14(19)12-8-11(15)2-3-13(12)16/h2-3,8-10,18H,4-7H2,1H3. The van der Waals surface area contributed by atoms with Crippen LogP contribution in [0.4, 0.5) is 0 Å². The van der Waals surface area contributed by atoms with Crippen LogP contribution in [0, 0.1) is 5.92 Å². The Morgan fingerprint density at radius 3 is 2.58 bits per heavy atom. The molecule has 1 aromatic rings. The molecule has 1 aromatic carbocycles. The molecule has 1 unspecified atom stereocenters. The lowest BCUT2D eigenvalue weighted by Crippen LogP contribution is -2.40. The molecule has 1 atom stereocenters. The SMILES string of the molecule is CC(O)C1CCN(C(=O)c2cc(Cl)ccc2Cl)CC1. The van der Waals surface area contributed by atoms with Gasteiger partial charge >= 0.3 is 0 Å². The third-order valence-corrected chi connectivity index (χ3v) is 4.23. The van der Waals surface area contributed by atoms with E-state index in [1.54, 1.807) is 30.0 Å². The number of benzene rings is 1. The molecule has 104 valence electrons. The highest BCUT2D eigenvalue weighted by atomic mass is 35.5. The van der Waals surface area contributed by atoms with Crippen molar-refractivity contribution in [2.45, 2.75) is 25.9 Å². The fourth-order valence-electron chi connectivity index (χ4n) is 2.42. The zero-order valence-electron chi connectivity index (χ0n) is 10.8. The molecule has 2 rings (SSSR count). The lowest BCUT2D eigenvalue weighted by atomic mass is 9.92. The van der Waals surface area contributed by atoms with Gasteiger partial charge in [0, 0.05) is 18.1 Å². The number of nitrogens with zero attached hydrogens (tertiary/aromatic N) is 1. The number of hydrogen-bond donors (Lipinski definition) is 1. The lowest BCUT2D eigenvalue weighted by molar-refractivity contribution is 0.0521. The summed E-state index contributed by atoms with van der Waals surface area (Å²) in [5.74, 6) is 0.190. The minimum atomic E-state index is -0.313. The second-order valence-electron chi connectivity index (χ2n) is 4.99. The molecule has 1 aliphatic heterocycles. The second kappa shape index (κ2) is 6.12. The molecule has 0 saturated carbocycles. The highest BCUT2D eigenvalue weighted by molar-refractivity contribution is 6.35. The van der Waals surface area contributed by atoms with Crippen LogP contribution in [-0.4, -0.2) is 35.1 Å². The molecular weight excluding hydrogens is 285 g/mol. The molecule has 0 aromatic heterocycles. The molecule has 0 bridgehead atoms. The predicted octanol–water partition coefficient (Wildman–Crippen LogP) is 3.23. The van der Waals surface area contributed by atoms with Crippen LogP contribution in [0.15, 0.2) is 18.2 Å². The van der Waals surface area contributed by atoms with Gasteiger partial charge in [0.15, 0.2) is 0 Å². The first kappa shape index (κ1) is 14.6. The summed E-state index contributed by atoms with van der Waals surface area (Å²) >= 11 is 11.9. The molecule has 1 saturated heterocycles. The van der Waals surface area contributed by atoms with Crippen molar-refractivity contribution in [3.8, 4) is 0 Å². The third kappa shape index (κ3) is 3.41. The molecule has 0 aliphatic carbocycles. The molecule has 1 N–H and O–H groups in total. The number of piperidine rings is 1. The van der Waals surface area contributed by atoms with Crippen LogP contribution in [0.25, 0.3) is 0 Å². The molecule has 1 amide bonds. The van der Waals surface area contributed by atoms with Gasteiger partial charge in [0.1, 0.15) is 0 Å². The Labute approximate surface area is 123 Å². The van der Waals surface area contributed by atoms with E-state index in [1.165, 1.54) is 0 Å². The first-order valence-electron chi connectivity index (χ1n) is 6.41. The third-order valence-electron chi connectivity index (χ3n) is 3.67. The maximum atomic E-state index is 12.4. The molecule has 1 aliphatic rings. The number of carbonyl (C=O) groups is 1. The van der Waals surface area contributed by atoms with Gasteiger partial charge in [0.2, 0.25) is 0 Å². The van der Waals surface area contributed by atoms with Gasteiger partial charge in [-0.05, 0) is 43.9 Å². The van der Waals surface area contributed by atoms with Crippen LogP contribution in [0.1, 0.15) is 30.1 Å². The van der Waals surface area contributed by atoms with E-state index in [4.69, 9.17) is 23.2 Å². The normalized spacial score (nSPS) is 18.4. The van der Waals surface area contributed by atoms with Crippen LogP contribution in [0.3, 0.4) is 0 Å². The van der Waals surface area contributed by atoms with E-state index in [0.29, 0.717) is 28.7 Å². The second-order valence-corrected chi connectivity index (χ2v) is 5.84. The topological polar surface area (TPSA) is 40.5 Å². The smallest absolute Gasteiger partial charge is 0.255 e. The largest absolute Gasteiger partial charge is 0.393 e. The van der Waals surface area contributed by atoms with Gasteiger partial charge in [0.05, 0.1) is 16.7 Å². The summed E-state index contributed by atoms with van der Waals surface area (Å²) in [6.45, 7) is 3.10. The molecule has 5 heteroatoms. The van der Waals surface area contributed by atoms with Crippen molar-refractivity contribution in [1.82, 2.24) is 4.90 Å². The summed E-state index contributed by atoms with van der Waals surface area (Å²) in [5, 5.41) is 10.5. The zero-order valence-corrected chi connectivity index (χ0v) is 12.3. The van der Waals surface area contributed by atoms with Gasteiger partial charge in [-0.3, -0.25) is 4.79 Å². The van der Waals surface area contributed by atoms with Crippen LogP contribution in [-0.2, 0) is 0 Å². The average molecular weight is 302 g/mol. The molecule has 19 heavy (non-hydrogen) atoms. The maximum absolute atomic E-state index is 12.4. The first-order valence-corrected chi connectivity index (χ1v) is 7.17. The first-order chi connectivity index (χ1) is 8.99. The van der Waals surface area contributed by atoms with Crippen molar-refractivity contribution in [2.75, 3.05) is 13.1 Å². The van der Waals surface area contributed by atoms with E-state index in [1.807, 2.05) is 0 Å². The van der Waals surface area contributed by atoms with Crippen molar-refractivity contribution in [2.24, 2.45) is 5.92 Å². The molecule has 0 radical (unpaired) electrons.